The van der Waals surface area contributed by atoms with Crippen molar-refractivity contribution >= 4 is 11.9 Å². The fraction of sp³-hybridized carbons (Fsp3) is 0.429. The molecule has 0 aliphatic carbocycles. The average molecular weight is 252 g/mol. The molecular weight excluding hydrogens is 232 g/mol. The summed E-state index contributed by atoms with van der Waals surface area (Å²) in [5, 5.41) is 0. The van der Waals surface area contributed by atoms with Gasteiger partial charge in [-0.2, -0.15) is 0 Å². The van der Waals surface area contributed by atoms with E-state index in [1.165, 1.54) is 13.8 Å². The maximum atomic E-state index is 10.6. The van der Waals surface area contributed by atoms with Gasteiger partial charge in [0, 0.05) is 13.8 Å². The normalized spacial score (nSPS) is 12.7. The molecule has 0 atom stereocenters. The van der Waals surface area contributed by atoms with Crippen LogP contribution in [0.3, 0.4) is 0 Å². The van der Waals surface area contributed by atoms with Gasteiger partial charge >= 0.3 is 11.9 Å². The van der Waals surface area contributed by atoms with E-state index >= 15 is 0 Å². The highest BCUT2D eigenvalue weighted by Crippen LogP contribution is 1.97. The summed E-state index contributed by atoms with van der Waals surface area (Å²) in [6.45, 7) is 7.12. The first-order chi connectivity index (χ1) is 8.41. The molecule has 0 saturated carbocycles. The molecule has 100 valence electrons. The first kappa shape index (κ1) is 16.2. The van der Waals surface area contributed by atoms with Crippen LogP contribution >= 0.6 is 0 Å². The smallest absolute Gasteiger partial charge is 0.302 e. The van der Waals surface area contributed by atoms with Gasteiger partial charge in [0.1, 0.15) is 13.2 Å². The molecule has 0 aromatic carbocycles. The number of carbonyl (C=O) groups is 2. The lowest BCUT2D eigenvalue weighted by Gasteiger charge is -2.00. The van der Waals surface area contributed by atoms with Gasteiger partial charge in [0.15, 0.2) is 0 Å². The maximum Gasteiger partial charge on any atom is 0.302 e. The molecule has 0 saturated heterocycles. The Morgan fingerprint density at radius 3 is 1.39 bits per heavy atom. The third kappa shape index (κ3) is 10.7. The van der Waals surface area contributed by atoms with Crippen molar-refractivity contribution in [2.75, 3.05) is 13.2 Å². The Bertz CT molecular complexity index is 339. The van der Waals surface area contributed by atoms with Crippen molar-refractivity contribution in [2.24, 2.45) is 0 Å². The van der Waals surface area contributed by atoms with Crippen LogP contribution in [0.5, 0.6) is 0 Å². The highest BCUT2D eigenvalue weighted by molar-refractivity contribution is 5.66. The summed E-state index contributed by atoms with van der Waals surface area (Å²) < 4.78 is 9.67. The first-order valence-electron chi connectivity index (χ1n) is 5.68. The van der Waals surface area contributed by atoms with Crippen LogP contribution in [0.2, 0.25) is 0 Å². The largest absolute Gasteiger partial charge is 0.461 e. The molecule has 4 nitrogen and oxygen atoms in total. The molecule has 0 aliphatic rings. The fourth-order valence-electron chi connectivity index (χ4n) is 0.967. The lowest BCUT2D eigenvalue weighted by atomic mass is 10.2. The van der Waals surface area contributed by atoms with Gasteiger partial charge in [-0.05, 0) is 25.0 Å². The summed E-state index contributed by atoms with van der Waals surface area (Å²) in [5.41, 5.74) is 1.90. The van der Waals surface area contributed by atoms with Gasteiger partial charge in [0.25, 0.3) is 0 Å². The van der Waals surface area contributed by atoms with E-state index in [4.69, 9.17) is 9.47 Å². The van der Waals surface area contributed by atoms with Gasteiger partial charge in [0.2, 0.25) is 0 Å². The molecule has 0 aromatic heterocycles. The maximum absolute atomic E-state index is 10.6. The quantitative estimate of drug-likeness (QED) is 0.538. The number of rotatable bonds is 6. The standard InChI is InChI=1S/C14H20O4/c1-11(9-17-13(3)15)7-5-6-8-12(2)10-18-14(4)16/h5-8H,9-10H2,1-4H3/b6-5+,11-7+,12-8+. The molecule has 0 radical (unpaired) electrons. The minimum absolute atomic E-state index is 0.288. The number of carbonyl (C=O) groups excluding carboxylic acids is 2. The van der Waals surface area contributed by atoms with Crippen molar-refractivity contribution in [1.82, 2.24) is 0 Å². The summed E-state index contributed by atoms with van der Waals surface area (Å²) in [7, 11) is 0. The Hall–Kier alpha value is -1.84. The minimum Gasteiger partial charge on any atom is -0.461 e. The molecule has 0 fully saturated rings. The second-order valence-electron chi connectivity index (χ2n) is 3.97. The minimum atomic E-state index is -0.288. The van der Waals surface area contributed by atoms with Gasteiger partial charge in [-0.15, -0.1) is 0 Å². The Kier molecular flexibility index (Phi) is 8.27. The lowest BCUT2D eigenvalue weighted by Crippen LogP contribution is -2.01. The SMILES string of the molecule is CC(=O)OC/C(C)=C/C=C/C=C(\C)COC(C)=O. The molecule has 0 N–H and O–H groups in total. The second kappa shape index (κ2) is 9.22. The van der Waals surface area contributed by atoms with E-state index < -0.39 is 0 Å². The van der Waals surface area contributed by atoms with E-state index in [2.05, 4.69) is 0 Å². The Balaban J connectivity index is 4.07. The number of allylic oxidation sites excluding steroid dienone is 4. The van der Waals surface area contributed by atoms with Crippen molar-refractivity contribution < 1.29 is 19.1 Å². The molecule has 0 heterocycles. The molecule has 0 bridgehead atoms. The van der Waals surface area contributed by atoms with E-state index in [9.17, 15) is 9.59 Å². The molecule has 0 aliphatic heterocycles. The lowest BCUT2D eigenvalue weighted by molar-refractivity contribution is -0.140. The number of hydrogen-bond donors (Lipinski definition) is 0. The Morgan fingerprint density at radius 1 is 0.778 bits per heavy atom. The van der Waals surface area contributed by atoms with E-state index in [0.717, 1.165) is 11.1 Å². The molecule has 0 aromatic rings. The monoisotopic (exact) mass is 252 g/mol. The summed E-state index contributed by atoms with van der Waals surface area (Å²) in [6, 6.07) is 0. The summed E-state index contributed by atoms with van der Waals surface area (Å²) in [6.07, 6.45) is 7.41. The van der Waals surface area contributed by atoms with Gasteiger partial charge < -0.3 is 9.47 Å². The number of ether oxygens (including phenoxy) is 2. The van der Waals surface area contributed by atoms with Crippen molar-refractivity contribution in [3.05, 3.63) is 35.5 Å². The molecule has 18 heavy (non-hydrogen) atoms. The summed E-state index contributed by atoms with van der Waals surface area (Å²) in [4.78, 5) is 21.2. The molecule has 0 unspecified atom stereocenters. The van der Waals surface area contributed by atoms with E-state index in [-0.39, 0.29) is 11.9 Å². The molecule has 4 heteroatoms. The van der Waals surface area contributed by atoms with Crippen LogP contribution in [-0.2, 0) is 19.1 Å². The number of hydrogen-bond acceptors (Lipinski definition) is 4. The molecule has 0 rings (SSSR count). The summed E-state index contributed by atoms with van der Waals surface area (Å²) >= 11 is 0. The zero-order chi connectivity index (χ0) is 14.0. The van der Waals surface area contributed by atoms with Crippen molar-refractivity contribution in [3.8, 4) is 0 Å². The third-order valence-corrected chi connectivity index (χ3v) is 1.88. The van der Waals surface area contributed by atoms with Crippen LogP contribution in [-0.4, -0.2) is 25.2 Å². The first-order valence-corrected chi connectivity index (χ1v) is 5.68. The topological polar surface area (TPSA) is 52.6 Å². The second-order valence-corrected chi connectivity index (χ2v) is 3.97. The molecule has 0 spiro atoms. The van der Waals surface area contributed by atoms with E-state index in [0.29, 0.717) is 13.2 Å². The average Bonchev–Trinajstić information content (AvgIpc) is 2.29. The van der Waals surface area contributed by atoms with E-state index in [1.807, 2.05) is 38.2 Å². The predicted molar refractivity (Wildman–Crippen MR) is 69.9 cm³/mol. The van der Waals surface area contributed by atoms with Crippen molar-refractivity contribution in [3.63, 3.8) is 0 Å². The van der Waals surface area contributed by atoms with Crippen LogP contribution in [0.4, 0.5) is 0 Å². The Labute approximate surface area is 108 Å². The fourth-order valence-corrected chi connectivity index (χ4v) is 0.967. The highest BCUT2D eigenvalue weighted by atomic mass is 16.5. The number of esters is 2. The van der Waals surface area contributed by atoms with Crippen molar-refractivity contribution in [2.45, 2.75) is 27.7 Å². The van der Waals surface area contributed by atoms with Gasteiger partial charge in [-0.3, -0.25) is 9.59 Å². The highest BCUT2D eigenvalue weighted by Gasteiger charge is 1.93. The third-order valence-electron chi connectivity index (χ3n) is 1.88. The van der Waals surface area contributed by atoms with Crippen LogP contribution in [0, 0.1) is 0 Å². The van der Waals surface area contributed by atoms with Crippen LogP contribution in [0.1, 0.15) is 27.7 Å². The van der Waals surface area contributed by atoms with Crippen LogP contribution in [0.15, 0.2) is 35.5 Å². The zero-order valence-corrected chi connectivity index (χ0v) is 11.4. The van der Waals surface area contributed by atoms with Crippen LogP contribution < -0.4 is 0 Å². The van der Waals surface area contributed by atoms with Crippen LogP contribution in [0.25, 0.3) is 0 Å². The zero-order valence-electron chi connectivity index (χ0n) is 11.4. The molecular formula is C14H20O4. The van der Waals surface area contributed by atoms with E-state index in [1.54, 1.807) is 0 Å². The predicted octanol–water partition coefficient (Wildman–Crippen LogP) is 2.56. The van der Waals surface area contributed by atoms with Gasteiger partial charge in [-0.1, -0.05) is 24.3 Å². The van der Waals surface area contributed by atoms with Gasteiger partial charge in [0.05, 0.1) is 0 Å². The molecule has 0 amide bonds. The van der Waals surface area contributed by atoms with Gasteiger partial charge in [-0.25, -0.2) is 0 Å². The Morgan fingerprint density at radius 2 is 1.11 bits per heavy atom. The summed E-state index contributed by atoms with van der Waals surface area (Å²) in [5.74, 6) is -0.576. The van der Waals surface area contributed by atoms with Crippen molar-refractivity contribution in [1.29, 1.82) is 0 Å².